The minimum absolute atomic E-state index is 0.0771. The minimum Gasteiger partial charge on any atom is -0.507 e. The number of benzene rings is 2. The molecular weight excluding hydrogens is 493 g/mol. The second-order valence-electron chi connectivity index (χ2n) is 5.53. The average molecular weight is 501 g/mol. The van der Waals surface area contributed by atoms with Crippen molar-refractivity contribution >= 4 is 77.3 Å². The molecule has 0 aliphatic carbocycles. The predicted octanol–water partition coefficient (Wildman–Crippen LogP) is 3.53. The first-order chi connectivity index (χ1) is 13.3. The summed E-state index contributed by atoms with van der Waals surface area (Å²) >= 11 is 17.6. The van der Waals surface area contributed by atoms with Gasteiger partial charge in [0.1, 0.15) is 10.8 Å². The summed E-state index contributed by atoms with van der Waals surface area (Å²) in [6, 6.07) is 3.47. The van der Waals surface area contributed by atoms with Crippen LogP contribution in [-0.4, -0.2) is 41.0 Å². The molecule has 4 N–H and O–H groups in total. The Balaban J connectivity index is 2.36. The molecule has 3 rings (SSSR count). The fourth-order valence-electron chi connectivity index (χ4n) is 2.44. The molecule has 0 amide bonds. The number of fused-ring (bicyclic) bond motifs is 1. The lowest BCUT2D eigenvalue weighted by Crippen LogP contribution is -2.04. The van der Waals surface area contributed by atoms with E-state index < -0.39 is 35.8 Å². The summed E-state index contributed by atoms with van der Waals surface area (Å²) in [6.07, 6.45) is 0. The lowest BCUT2D eigenvalue weighted by Gasteiger charge is -2.14. The standard InChI is InChI=1S/C14H8Cl3N3O7S2/c15-11-12(16)19-14(17)20-13(11)18-8-3-6(28(22,23)24)1-5-2-7(29(25,26)27)4-9(21)10(5)8/h1-4,21H,(H,18,19,20)(H,22,23,24)(H,25,26,27). The van der Waals surface area contributed by atoms with Gasteiger partial charge < -0.3 is 10.4 Å². The highest BCUT2D eigenvalue weighted by Crippen LogP contribution is 2.39. The quantitative estimate of drug-likeness (QED) is 0.236. The Morgan fingerprint density at radius 1 is 0.862 bits per heavy atom. The van der Waals surface area contributed by atoms with Gasteiger partial charge >= 0.3 is 0 Å². The minimum atomic E-state index is -4.75. The Morgan fingerprint density at radius 3 is 1.97 bits per heavy atom. The zero-order chi connectivity index (χ0) is 21.7. The largest absolute Gasteiger partial charge is 0.507 e. The molecule has 1 aromatic heterocycles. The highest BCUT2D eigenvalue weighted by molar-refractivity contribution is 7.86. The monoisotopic (exact) mass is 499 g/mol. The number of nitrogens with one attached hydrogen (secondary N) is 1. The van der Waals surface area contributed by atoms with E-state index in [1.165, 1.54) is 0 Å². The number of hydrogen-bond donors (Lipinski definition) is 4. The lowest BCUT2D eigenvalue weighted by molar-refractivity contribution is 0.471. The number of halogens is 3. The van der Waals surface area contributed by atoms with Gasteiger partial charge in [-0.2, -0.15) is 21.8 Å². The van der Waals surface area contributed by atoms with Crippen LogP contribution in [0.15, 0.2) is 34.1 Å². The van der Waals surface area contributed by atoms with E-state index >= 15 is 0 Å². The number of hydrogen-bond acceptors (Lipinski definition) is 8. The Labute approximate surface area is 178 Å². The van der Waals surface area contributed by atoms with Crippen molar-refractivity contribution in [2.75, 3.05) is 5.32 Å². The van der Waals surface area contributed by atoms with Gasteiger partial charge in [-0.05, 0) is 35.2 Å². The van der Waals surface area contributed by atoms with Gasteiger partial charge in [-0.1, -0.05) is 23.2 Å². The first-order valence-corrected chi connectivity index (χ1v) is 11.2. The molecule has 15 heteroatoms. The number of phenolic OH excluding ortho intramolecular Hbond substituents is 1. The summed E-state index contributed by atoms with van der Waals surface area (Å²) in [5, 5.41) is 12.0. The first-order valence-electron chi connectivity index (χ1n) is 7.18. The zero-order valence-corrected chi connectivity index (χ0v) is 17.5. The highest BCUT2D eigenvalue weighted by Gasteiger charge is 2.21. The molecule has 0 radical (unpaired) electrons. The summed E-state index contributed by atoms with van der Waals surface area (Å²) < 4.78 is 64.7. The van der Waals surface area contributed by atoms with Gasteiger partial charge in [0.25, 0.3) is 20.2 Å². The van der Waals surface area contributed by atoms with Gasteiger partial charge in [0.2, 0.25) is 5.28 Å². The Kier molecular flexibility index (Phi) is 5.55. The molecule has 0 atom stereocenters. The number of anilines is 2. The van der Waals surface area contributed by atoms with Crippen molar-refractivity contribution in [3.05, 3.63) is 39.7 Å². The Morgan fingerprint density at radius 2 is 1.41 bits per heavy atom. The van der Waals surface area contributed by atoms with E-state index in [1.807, 2.05) is 0 Å². The van der Waals surface area contributed by atoms with Crippen molar-refractivity contribution in [1.29, 1.82) is 0 Å². The van der Waals surface area contributed by atoms with Crippen LogP contribution in [0.1, 0.15) is 0 Å². The van der Waals surface area contributed by atoms with Crippen molar-refractivity contribution in [2.24, 2.45) is 0 Å². The van der Waals surface area contributed by atoms with E-state index in [0.29, 0.717) is 0 Å². The lowest BCUT2D eigenvalue weighted by atomic mass is 10.1. The molecule has 0 saturated heterocycles. The van der Waals surface area contributed by atoms with Crippen molar-refractivity contribution in [1.82, 2.24) is 9.97 Å². The molecule has 0 bridgehead atoms. The molecule has 0 unspecified atom stereocenters. The van der Waals surface area contributed by atoms with Crippen LogP contribution in [0.2, 0.25) is 15.5 Å². The van der Waals surface area contributed by atoms with Crippen LogP contribution < -0.4 is 5.32 Å². The first kappa shape index (κ1) is 21.8. The number of aromatic nitrogens is 2. The van der Waals surface area contributed by atoms with Crippen LogP contribution >= 0.6 is 34.8 Å². The summed E-state index contributed by atoms with van der Waals surface area (Å²) in [5.41, 5.74) is -0.151. The second-order valence-corrected chi connectivity index (χ2v) is 9.45. The van der Waals surface area contributed by atoms with E-state index in [1.54, 1.807) is 0 Å². The zero-order valence-electron chi connectivity index (χ0n) is 13.6. The fraction of sp³-hybridized carbons (Fsp3) is 0. The molecule has 3 aromatic rings. The topological polar surface area (TPSA) is 167 Å². The molecule has 29 heavy (non-hydrogen) atoms. The number of nitrogens with zero attached hydrogens (tertiary/aromatic N) is 2. The Bertz CT molecular complexity index is 1370. The summed E-state index contributed by atoms with van der Waals surface area (Å²) in [6.45, 7) is 0. The van der Waals surface area contributed by atoms with Gasteiger partial charge in [0.05, 0.1) is 15.5 Å². The third-order valence-electron chi connectivity index (χ3n) is 3.61. The molecule has 0 aliphatic heterocycles. The molecule has 10 nitrogen and oxygen atoms in total. The van der Waals surface area contributed by atoms with Crippen LogP contribution in [0.25, 0.3) is 10.8 Å². The summed E-state index contributed by atoms with van der Waals surface area (Å²) in [7, 11) is -9.47. The number of rotatable bonds is 4. The SMILES string of the molecule is O=S(=O)(O)c1cc(O)c2c(Nc3nc(Cl)nc(Cl)c3Cl)cc(S(=O)(=O)O)cc2c1. The molecule has 1 heterocycles. The van der Waals surface area contributed by atoms with Gasteiger partial charge in [0, 0.05) is 11.5 Å². The maximum absolute atomic E-state index is 11.6. The second kappa shape index (κ2) is 7.40. The highest BCUT2D eigenvalue weighted by atomic mass is 35.5. The van der Waals surface area contributed by atoms with Gasteiger partial charge in [-0.3, -0.25) is 9.11 Å². The maximum Gasteiger partial charge on any atom is 0.294 e. The maximum atomic E-state index is 11.6. The van der Waals surface area contributed by atoms with E-state index in [9.17, 15) is 31.0 Å². The Hall–Kier alpha value is -1.93. The molecular formula is C14H8Cl3N3O7S2. The van der Waals surface area contributed by atoms with Crippen LogP contribution in [0.3, 0.4) is 0 Å². The van der Waals surface area contributed by atoms with E-state index in [2.05, 4.69) is 15.3 Å². The third-order valence-corrected chi connectivity index (χ3v) is 6.17. The molecule has 2 aromatic carbocycles. The van der Waals surface area contributed by atoms with E-state index in [0.717, 1.165) is 24.3 Å². The van der Waals surface area contributed by atoms with Crippen LogP contribution in [-0.2, 0) is 20.2 Å². The van der Waals surface area contributed by atoms with Crippen LogP contribution in [0.4, 0.5) is 11.5 Å². The van der Waals surface area contributed by atoms with Crippen molar-refractivity contribution in [2.45, 2.75) is 9.79 Å². The molecule has 154 valence electrons. The molecule has 0 spiro atoms. The average Bonchev–Trinajstić information content (AvgIpc) is 2.57. The predicted molar refractivity (Wildman–Crippen MR) is 106 cm³/mol. The van der Waals surface area contributed by atoms with Gasteiger partial charge in [0.15, 0.2) is 11.0 Å². The van der Waals surface area contributed by atoms with Gasteiger partial charge in [-0.25, -0.2) is 4.98 Å². The van der Waals surface area contributed by atoms with E-state index in [-0.39, 0.29) is 37.7 Å². The fourth-order valence-corrected chi connectivity index (χ4v) is 4.03. The van der Waals surface area contributed by atoms with Crippen LogP contribution in [0.5, 0.6) is 5.75 Å². The summed E-state index contributed by atoms with van der Waals surface area (Å²) in [4.78, 5) is 6.08. The molecule has 0 aliphatic rings. The number of phenols is 1. The molecule has 0 fully saturated rings. The third kappa shape index (κ3) is 4.48. The van der Waals surface area contributed by atoms with Crippen molar-refractivity contribution < 1.29 is 31.0 Å². The van der Waals surface area contributed by atoms with Crippen molar-refractivity contribution in [3.63, 3.8) is 0 Å². The van der Waals surface area contributed by atoms with E-state index in [4.69, 9.17) is 34.8 Å². The summed E-state index contributed by atoms with van der Waals surface area (Å²) in [5.74, 6) is -0.800. The number of aromatic hydroxyl groups is 1. The van der Waals surface area contributed by atoms with Crippen molar-refractivity contribution in [3.8, 4) is 5.75 Å². The van der Waals surface area contributed by atoms with Gasteiger partial charge in [-0.15, -0.1) is 0 Å². The van der Waals surface area contributed by atoms with Crippen LogP contribution in [0, 0.1) is 0 Å². The molecule has 0 saturated carbocycles. The smallest absolute Gasteiger partial charge is 0.294 e. The normalized spacial score (nSPS) is 12.3.